The minimum atomic E-state index is 0.335. The van der Waals surface area contributed by atoms with Crippen molar-refractivity contribution in [2.24, 2.45) is 0 Å². The summed E-state index contributed by atoms with van der Waals surface area (Å²) in [7, 11) is 2.01. The van der Waals surface area contributed by atoms with Crippen LogP contribution >= 0.6 is 0 Å². The molecule has 1 amide bonds. The molecule has 0 aromatic rings. The summed E-state index contributed by atoms with van der Waals surface area (Å²) in [5.41, 5.74) is 0. The molecule has 0 saturated carbocycles. The maximum atomic E-state index is 12.1. The molecular weight excluding hydrogens is 214 g/mol. The summed E-state index contributed by atoms with van der Waals surface area (Å²) >= 11 is 0. The molecule has 1 N–H and O–H groups in total. The van der Waals surface area contributed by atoms with E-state index >= 15 is 0 Å². The molecule has 98 valence electrons. The van der Waals surface area contributed by atoms with E-state index in [2.05, 4.69) is 10.2 Å². The third-order valence-electron chi connectivity index (χ3n) is 3.98. The molecule has 1 atom stereocenters. The van der Waals surface area contributed by atoms with E-state index in [1.165, 1.54) is 32.1 Å². The van der Waals surface area contributed by atoms with E-state index in [4.69, 9.17) is 0 Å². The van der Waals surface area contributed by atoms with Crippen molar-refractivity contribution in [1.29, 1.82) is 0 Å². The number of piperidine rings is 2. The fraction of sp³-hybridized carbons (Fsp3) is 0.923. The Morgan fingerprint density at radius 2 is 1.94 bits per heavy atom. The molecule has 0 aromatic carbocycles. The van der Waals surface area contributed by atoms with Gasteiger partial charge in [-0.25, -0.2) is 0 Å². The number of nitrogens with zero attached hydrogens (tertiary/aromatic N) is 2. The molecule has 0 bridgehead atoms. The number of hydrogen-bond donors (Lipinski definition) is 1. The summed E-state index contributed by atoms with van der Waals surface area (Å²) in [6.45, 7) is 4.68. The number of nitrogens with one attached hydrogen (secondary N) is 1. The first kappa shape index (κ1) is 12.8. The number of rotatable bonds is 3. The average Bonchev–Trinajstić information content (AvgIpc) is 2.40. The van der Waals surface area contributed by atoms with Gasteiger partial charge in [-0.15, -0.1) is 0 Å². The summed E-state index contributed by atoms with van der Waals surface area (Å²) in [4.78, 5) is 16.5. The summed E-state index contributed by atoms with van der Waals surface area (Å²) in [5.74, 6) is 0.335. The van der Waals surface area contributed by atoms with Crippen LogP contribution in [-0.2, 0) is 4.79 Å². The van der Waals surface area contributed by atoms with Gasteiger partial charge in [0, 0.05) is 25.7 Å². The lowest BCUT2D eigenvalue weighted by Crippen LogP contribution is -2.49. The van der Waals surface area contributed by atoms with Crippen molar-refractivity contribution in [3.05, 3.63) is 0 Å². The summed E-state index contributed by atoms with van der Waals surface area (Å²) < 4.78 is 0. The highest BCUT2D eigenvalue weighted by Gasteiger charge is 2.23. The fourth-order valence-corrected chi connectivity index (χ4v) is 2.87. The van der Waals surface area contributed by atoms with Crippen molar-refractivity contribution in [2.45, 2.75) is 38.1 Å². The average molecular weight is 239 g/mol. The monoisotopic (exact) mass is 239 g/mol. The third-order valence-corrected chi connectivity index (χ3v) is 3.98. The second-order valence-corrected chi connectivity index (χ2v) is 5.30. The van der Waals surface area contributed by atoms with Crippen molar-refractivity contribution in [2.75, 3.05) is 39.8 Å². The van der Waals surface area contributed by atoms with E-state index in [1.807, 2.05) is 11.9 Å². The number of likely N-dealkylation sites (N-methyl/N-ethyl adjacent to an activating group) is 1. The molecule has 4 nitrogen and oxygen atoms in total. The van der Waals surface area contributed by atoms with Crippen LogP contribution in [0, 0.1) is 0 Å². The normalized spacial score (nSPS) is 27.1. The van der Waals surface area contributed by atoms with Crippen LogP contribution in [0.15, 0.2) is 0 Å². The largest absolute Gasteiger partial charge is 0.342 e. The van der Waals surface area contributed by atoms with E-state index < -0.39 is 0 Å². The van der Waals surface area contributed by atoms with E-state index in [9.17, 15) is 4.79 Å². The van der Waals surface area contributed by atoms with Crippen LogP contribution in [0.5, 0.6) is 0 Å². The molecule has 2 rings (SSSR count). The van der Waals surface area contributed by atoms with Crippen molar-refractivity contribution in [3.8, 4) is 0 Å². The molecular formula is C13H25N3O. The van der Waals surface area contributed by atoms with Gasteiger partial charge in [-0.2, -0.15) is 0 Å². The molecule has 0 radical (unpaired) electrons. The first-order valence-electron chi connectivity index (χ1n) is 6.97. The van der Waals surface area contributed by atoms with E-state index in [-0.39, 0.29) is 0 Å². The van der Waals surface area contributed by atoms with Gasteiger partial charge in [0.1, 0.15) is 0 Å². The Hall–Kier alpha value is -0.610. The Morgan fingerprint density at radius 3 is 2.65 bits per heavy atom. The molecule has 2 aliphatic heterocycles. The lowest BCUT2D eigenvalue weighted by molar-refractivity contribution is -0.133. The zero-order valence-corrected chi connectivity index (χ0v) is 11.0. The number of amides is 1. The van der Waals surface area contributed by atoms with Gasteiger partial charge < -0.3 is 10.2 Å². The smallest absolute Gasteiger partial charge is 0.236 e. The number of hydrogen-bond acceptors (Lipinski definition) is 3. The maximum absolute atomic E-state index is 12.1. The Morgan fingerprint density at radius 1 is 1.18 bits per heavy atom. The van der Waals surface area contributed by atoms with E-state index in [0.29, 0.717) is 18.5 Å². The lowest BCUT2D eigenvalue weighted by Gasteiger charge is -2.34. The molecule has 2 saturated heterocycles. The Balaban J connectivity index is 1.77. The van der Waals surface area contributed by atoms with Gasteiger partial charge >= 0.3 is 0 Å². The van der Waals surface area contributed by atoms with Crippen molar-refractivity contribution >= 4 is 5.91 Å². The minimum Gasteiger partial charge on any atom is -0.342 e. The molecule has 2 fully saturated rings. The zero-order chi connectivity index (χ0) is 12.1. The van der Waals surface area contributed by atoms with Gasteiger partial charge in [0.25, 0.3) is 0 Å². The first-order valence-corrected chi connectivity index (χ1v) is 6.97. The van der Waals surface area contributed by atoms with Gasteiger partial charge in [-0.05, 0) is 45.7 Å². The predicted molar refractivity (Wildman–Crippen MR) is 69.0 cm³/mol. The van der Waals surface area contributed by atoms with E-state index in [1.54, 1.807) is 0 Å². The number of carbonyl (C=O) groups excluding carboxylic acids is 1. The zero-order valence-electron chi connectivity index (χ0n) is 11.0. The molecule has 0 aromatic heterocycles. The molecule has 2 aliphatic rings. The summed E-state index contributed by atoms with van der Waals surface area (Å²) in [5, 5.41) is 3.32. The topological polar surface area (TPSA) is 35.6 Å². The molecule has 17 heavy (non-hydrogen) atoms. The van der Waals surface area contributed by atoms with Crippen LogP contribution < -0.4 is 5.32 Å². The van der Waals surface area contributed by atoms with Crippen LogP contribution in [0.3, 0.4) is 0 Å². The van der Waals surface area contributed by atoms with Crippen molar-refractivity contribution in [3.63, 3.8) is 0 Å². The minimum absolute atomic E-state index is 0.335. The molecule has 2 heterocycles. The molecule has 0 spiro atoms. The van der Waals surface area contributed by atoms with Gasteiger partial charge in [0.15, 0.2) is 0 Å². The van der Waals surface area contributed by atoms with Crippen molar-refractivity contribution in [1.82, 2.24) is 15.1 Å². The summed E-state index contributed by atoms with van der Waals surface area (Å²) in [6.07, 6.45) is 6.11. The highest BCUT2D eigenvalue weighted by molar-refractivity contribution is 5.78. The predicted octanol–water partition coefficient (Wildman–Crippen LogP) is 0.683. The number of likely N-dealkylation sites (tertiary alicyclic amines) is 2. The van der Waals surface area contributed by atoms with Crippen LogP contribution in [0.1, 0.15) is 32.1 Å². The van der Waals surface area contributed by atoms with Gasteiger partial charge in [-0.3, -0.25) is 9.69 Å². The fourth-order valence-electron chi connectivity index (χ4n) is 2.87. The highest BCUT2D eigenvalue weighted by Crippen LogP contribution is 2.12. The Kier molecular flexibility index (Phi) is 4.80. The number of carbonyl (C=O) groups is 1. The van der Waals surface area contributed by atoms with Crippen LogP contribution in [0.25, 0.3) is 0 Å². The van der Waals surface area contributed by atoms with Crippen LogP contribution in [0.2, 0.25) is 0 Å². The third kappa shape index (κ3) is 3.68. The molecule has 0 aliphatic carbocycles. The molecule has 4 heteroatoms. The second kappa shape index (κ2) is 6.36. The maximum Gasteiger partial charge on any atom is 0.236 e. The van der Waals surface area contributed by atoms with Crippen LogP contribution in [0.4, 0.5) is 0 Å². The SMILES string of the molecule is CNC1CCCN(CC(=O)N2CCCCC2)C1. The van der Waals surface area contributed by atoms with Gasteiger partial charge in [0.05, 0.1) is 6.54 Å². The lowest BCUT2D eigenvalue weighted by atomic mass is 10.1. The second-order valence-electron chi connectivity index (χ2n) is 5.30. The van der Waals surface area contributed by atoms with Gasteiger partial charge in [0.2, 0.25) is 5.91 Å². The quantitative estimate of drug-likeness (QED) is 0.787. The first-order chi connectivity index (χ1) is 8.29. The van der Waals surface area contributed by atoms with E-state index in [0.717, 1.165) is 26.2 Å². The highest BCUT2D eigenvalue weighted by atomic mass is 16.2. The van der Waals surface area contributed by atoms with Crippen molar-refractivity contribution < 1.29 is 4.79 Å². The Bertz CT molecular complexity index is 251. The van der Waals surface area contributed by atoms with Crippen LogP contribution in [-0.4, -0.2) is 61.5 Å². The van der Waals surface area contributed by atoms with Gasteiger partial charge in [-0.1, -0.05) is 0 Å². The standard InChI is InChI=1S/C13H25N3O/c1-14-12-6-5-7-15(10-12)11-13(17)16-8-3-2-4-9-16/h12,14H,2-11H2,1H3. The Labute approximate surface area is 104 Å². The summed E-state index contributed by atoms with van der Waals surface area (Å²) in [6, 6.07) is 0.568. The molecule has 1 unspecified atom stereocenters.